The average Bonchev–Trinajstić information content (AvgIpc) is 2.69. The van der Waals surface area contributed by atoms with Gasteiger partial charge in [0.1, 0.15) is 6.04 Å². The molecule has 2 atom stereocenters. The van der Waals surface area contributed by atoms with Gasteiger partial charge in [0.15, 0.2) is 0 Å². The van der Waals surface area contributed by atoms with Crippen LogP contribution < -0.4 is 11.1 Å². The Balaban J connectivity index is 1.62. The lowest BCUT2D eigenvalue weighted by atomic mass is 10.0. The first-order valence-electron chi connectivity index (χ1n) is 9.62. The maximum absolute atomic E-state index is 12.6. The standard InChI is InChI=1S/C22H28N2O2S/c1-16-10-12-18(13-11-16)21(23)22(25)24-19-7-5-6-17(14-19)15-27(26)20-8-3-2-4-9-20/h5-7,10-14,20-21H,2-4,8-9,15,23H2,1H3,(H,24,25). The summed E-state index contributed by atoms with van der Waals surface area (Å²) in [4.78, 5) is 12.5. The molecule has 2 aromatic rings. The van der Waals surface area contributed by atoms with Crippen LogP contribution in [-0.4, -0.2) is 15.4 Å². The van der Waals surface area contributed by atoms with Crippen molar-refractivity contribution in [3.8, 4) is 0 Å². The van der Waals surface area contributed by atoms with Crippen LogP contribution in [0.25, 0.3) is 0 Å². The molecule has 0 saturated heterocycles. The van der Waals surface area contributed by atoms with Gasteiger partial charge in [0.05, 0.1) is 0 Å². The Kier molecular flexibility index (Phi) is 6.80. The first kappa shape index (κ1) is 19.8. The van der Waals surface area contributed by atoms with Crippen molar-refractivity contribution in [1.82, 2.24) is 0 Å². The molecule has 3 rings (SSSR count). The molecule has 4 nitrogen and oxygen atoms in total. The van der Waals surface area contributed by atoms with Gasteiger partial charge in [0, 0.05) is 27.5 Å². The Labute approximate surface area is 164 Å². The van der Waals surface area contributed by atoms with E-state index >= 15 is 0 Å². The lowest BCUT2D eigenvalue weighted by Gasteiger charge is -2.21. The van der Waals surface area contributed by atoms with E-state index in [0.717, 1.165) is 29.5 Å². The number of benzene rings is 2. The van der Waals surface area contributed by atoms with Gasteiger partial charge in [-0.2, -0.15) is 0 Å². The number of nitrogens with two attached hydrogens (primary N) is 1. The third-order valence-corrected chi connectivity index (χ3v) is 6.98. The zero-order chi connectivity index (χ0) is 19.2. The van der Waals surface area contributed by atoms with E-state index in [2.05, 4.69) is 5.32 Å². The second-order valence-electron chi connectivity index (χ2n) is 7.36. The Hall–Kier alpha value is -1.98. The minimum Gasteiger partial charge on any atom is -0.324 e. The Morgan fingerprint density at radius 2 is 1.85 bits per heavy atom. The molecule has 1 amide bonds. The smallest absolute Gasteiger partial charge is 0.245 e. The number of amides is 1. The first-order valence-corrected chi connectivity index (χ1v) is 11.0. The van der Waals surface area contributed by atoms with E-state index in [0.29, 0.717) is 16.7 Å². The topological polar surface area (TPSA) is 72.2 Å². The van der Waals surface area contributed by atoms with Crippen LogP contribution in [0.3, 0.4) is 0 Å². The largest absolute Gasteiger partial charge is 0.324 e. The third kappa shape index (κ3) is 5.50. The molecule has 0 heterocycles. The van der Waals surface area contributed by atoms with Crippen molar-refractivity contribution in [2.45, 2.75) is 56.1 Å². The number of anilines is 1. The fraction of sp³-hybridized carbons (Fsp3) is 0.409. The molecule has 1 fully saturated rings. The molecule has 5 heteroatoms. The second-order valence-corrected chi connectivity index (χ2v) is 9.08. The van der Waals surface area contributed by atoms with E-state index in [9.17, 15) is 9.00 Å². The van der Waals surface area contributed by atoms with Crippen LogP contribution >= 0.6 is 0 Å². The van der Waals surface area contributed by atoms with Crippen LogP contribution in [0.5, 0.6) is 0 Å². The summed E-state index contributed by atoms with van der Waals surface area (Å²) in [5.41, 5.74) is 9.69. The normalized spacial score (nSPS) is 17.3. The lowest BCUT2D eigenvalue weighted by molar-refractivity contribution is -0.117. The highest BCUT2D eigenvalue weighted by Gasteiger charge is 2.20. The van der Waals surface area contributed by atoms with E-state index in [-0.39, 0.29) is 5.91 Å². The van der Waals surface area contributed by atoms with Crippen LogP contribution in [0, 0.1) is 6.92 Å². The molecule has 0 spiro atoms. The minimum atomic E-state index is -0.857. The monoisotopic (exact) mass is 384 g/mol. The molecule has 1 aliphatic rings. The van der Waals surface area contributed by atoms with Crippen LogP contribution in [0.4, 0.5) is 5.69 Å². The Bertz CT molecular complexity index is 798. The summed E-state index contributed by atoms with van der Waals surface area (Å²) in [5.74, 6) is 0.294. The van der Waals surface area contributed by atoms with Gasteiger partial charge in [0.25, 0.3) is 0 Å². The molecule has 1 saturated carbocycles. The zero-order valence-corrected chi connectivity index (χ0v) is 16.6. The highest BCUT2D eigenvalue weighted by Crippen LogP contribution is 2.24. The summed E-state index contributed by atoms with van der Waals surface area (Å²) in [6.45, 7) is 2.00. The van der Waals surface area contributed by atoms with Crippen LogP contribution in [0.1, 0.15) is 54.8 Å². The predicted octanol–water partition coefficient (Wildman–Crippen LogP) is 4.21. The molecule has 0 bridgehead atoms. The van der Waals surface area contributed by atoms with Crippen molar-refractivity contribution < 1.29 is 9.00 Å². The van der Waals surface area contributed by atoms with Gasteiger partial charge >= 0.3 is 0 Å². The van der Waals surface area contributed by atoms with Gasteiger partial charge in [-0.15, -0.1) is 0 Å². The van der Waals surface area contributed by atoms with Crippen LogP contribution in [0.2, 0.25) is 0 Å². The first-order chi connectivity index (χ1) is 13.0. The summed E-state index contributed by atoms with van der Waals surface area (Å²) in [7, 11) is -0.857. The number of carbonyl (C=O) groups is 1. The van der Waals surface area contributed by atoms with Gasteiger partial charge < -0.3 is 11.1 Å². The van der Waals surface area contributed by atoms with Gasteiger partial charge in [-0.25, -0.2) is 0 Å². The summed E-state index contributed by atoms with van der Waals surface area (Å²) in [6, 6.07) is 14.5. The van der Waals surface area contributed by atoms with Crippen molar-refractivity contribution in [3.05, 3.63) is 65.2 Å². The number of aryl methyl sites for hydroxylation is 1. The van der Waals surface area contributed by atoms with Crippen LogP contribution in [0.15, 0.2) is 48.5 Å². The number of hydrogen-bond acceptors (Lipinski definition) is 3. The van der Waals surface area contributed by atoms with Crippen molar-refractivity contribution in [2.75, 3.05) is 5.32 Å². The molecule has 0 radical (unpaired) electrons. The van der Waals surface area contributed by atoms with Crippen molar-refractivity contribution in [1.29, 1.82) is 0 Å². The highest BCUT2D eigenvalue weighted by atomic mass is 32.2. The Morgan fingerprint density at radius 1 is 1.15 bits per heavy atom. The molecule has 0 aromatic heterocycles. The number of hydrogen-bond donors (Lipinski definition) is 2. The number of carbonyl (C=O) groups excluding carboxylic acids is 1. The lowest BCUT2D eigenvalue weighted by Crippen LogP contribution is -2.27. The summed E-state index contributed by atoms with van der Waals surface area (Å²) >= 11 is 0. The maximum atomic E-state index is 12.6. The summed E-state index contributed by atoms with van der Waals surface area (Å²) < 4.78 is 12.6. The molecule has 1 aliphatic carbocycles. The molecule has 2 aromatic carbocycles. The van der Waals surface area contributed by atoms with E-state index in [4.69, 9.17) is 5.73 Å². The van der Waals surface area contributed by atoms with Crippen molar-refractivity contribution in [2.24, 2.45) is 5.73 Å². The van der Waals surface area contributed by atoms with E-state index in [1.54, 1.807) is 0 Å². The average molecular weight is 385 g/mol. The molecular weight excluding hydrogens is 356 g/mol. The maximum Gasteiger partial charge on any atom is 0.245 e. The van der Waals surface area contributed by atoms with E-state index < -0.39 is 16.8 Å². The third-order valence-electron chi connectivity index (χ3n) is 5.15. The molecular formula is C22H28N2O2S. The molecule has 144 valence electrons. The molecule has 27 heavy (non-hydrogen) atoms. The SMILES string of the molecule is Cc1ccc(C(N)C(=O)Nc2cccc(CS(=O)C3CCCCC3)c2)cc1. The van der Waals surface area contributed by atoms with Gasteiger partial charge in [-0.3, -0.25) is 9.00 Å². The Morgan fingerprint density at radius 3 is 2.56 bits per heavy atom. The van der Waals surface area contributed by atoms with Gasteiger partial charge in [-0.05, 0) is 43.0 Å². The van der Waals surface area contributed by atoms with Gasteiger partial charge in [-0.1, -0.05) is 61.2 Å². The fourth-order valence-corrected chi connectivity index (χ4v) is 5.10. The predicted molar refractivity (Wildman–Crippen MR) is 112 cm³/mol. The summed E-state index contributed by atoms with van der Waals surface area (Å²) in [5, 5.41) is 3.20. The van der Waals surface area contributed by atoms with E-state index in [1.807, 2.05) is 55.5 Å². The highest BCUT2D eigenvalue weighted by molar-refractivity contribution is 7.84. The fourth-order valence-electron chi connectivity index (χ4n) is 3.49. The van der Waals surface area contributed by atoms with Gasteiger partial charge in [0.2, 0.25) is 5.91 Å². The van der Waals surface area contributed by atoms with E-state index in [1.165, 1.54) is 19.3 Å². The molecule has 0 aliphatic heterocycles. The minimum absolute atomic E-state index is 0.246. The summed E-state index contributed by atoms with van der Waals surface area (Å²) in [6.07, 6.45) is 5.76. The molecule has 3 N–H and O–H groups in total. The van der Waals surface area contributed by atoms with Crippen LogP contribution in [-0.2, 0) is 21.3 Å². The molecule has 2 unspecified atom stereocenters. The quantitative estimate of drug-likeness (QED) is 0.783. The zero-order valence-electron chi connectivity index (χ0n) is 15.8. The number of rotatable bonds is 6. The second kappa shape index (κ2) is 9.29. The van der Waals surface area contributed by atoms with Crippen molar-refractivity contribution in [3.63, 3.8) is 0 Å². The van der Waals surface area contributed by atoms with Crippen molar-refractivity contribution >= 4 is 22.4 Å². The number of nitrogens with one attached hydrogen (secondary N) is 1.